The fourth-order valence-corrected chi connectivity index (χ4v) is 23.5. The second kappa shape index (κ2) is 38.2. The van der Waals surface area contributed by atoms with Gasteiger partial charge in [-0.25, -0.2) is 27.5 Å². The second-order valence-corrected chi connectivity index (χ2v) is 37.7. The Morgan fingerprint density at radius 1 is 0.333 bits per heavy atom. The molecule has 0 amide bonds. The number of rotatable bonds is 20. The van der Waals surface area contributed by atoms with Crippen molar-refractivity contribution in [3.05, 3.63) is 285 Å². The van der Waals surface area contributed by atoms with Crippen LogP contribution in [0.3, 0.4) is 0 Å². The van der Waals surface area contributed by atoms with Gasteiger partial charge in [0.25, 0.3) is 0 Å². The molecule has 8 aliphatic carbocycles. The highest BCUT2D eigenvalue weighted by molar-refractivity contribution is 6.30. The van der Waals surface area contributed by atoms with E-state index in [1.165, 1.54) is 52.7 Å². The number of pyridine rings is 8. The lowest BCUT2D eigenvalue weighted by atomic mass is 9.86. The van der Waals surface area contributed by atoms with E-state index in [1.54, 1.807) is 110 Å². The molecule has 24 heteroatoms. The molecule has 8 aromatic heterocycles. The first-order chi connectivity index (χ1) is 61.0. The zero-order valence-corrected chi connectivity index (χ0v) is 71.4. The van der Waals surface area contributed by atoms with Crippen molar-refractivity contribution in [2.24, 2.45) is 93.9 Å². The van der Waals surface area contributed by atoms with Crippen LogP contribution >= 0.6 is 23.2 Å². The van der Waals surface area contributed by atoms with E-state index in [9.17, 15) is 36.7 Å². The van der Waals surface area contributed by atoms with Gasteiger partial charge in [-0.1, -0.05) is 35.3 Å². The molecule has 8 saturated carbocycles. The van der Waals surface area contributed by atoms with E-state index in [0.29, 0.717) is 110 Å². The Morgan fingerprint density at radius 2 is 0.643 bits per heavy atom. The number of nitriles is 2. The molecule has 20 rings (SSSR count). The van der Waals surface area contributed by atoms with Crippen LogP contribution in [0.4, 0.5) is 17.6 Å². The smallest absolute Gasteiger partial charge is 0.155 e. The highest BCUT2D eigenvalue weighted by Gasteiger charge is 2.50. The van der Waals surface area contributed by atoms with Crippen molar-refractivity contribution in [2.45, 2.75) is 176 Å². The van der Waals surface area contributed by atoms with Crippen molar-refractivity contribution >= 4 is 89.9 Å². The minimum atomic E-state index is -0.479. The van der Waals surface area contributed by atoms with Gasteiger partial charge in [0.15, 0.2) is 23.1 Å². The number of nitrogens with two attached hydrogens (primary N) is 4. The number of ketones is 4. The summed E-state index contributed by atoms with van der Waals surface area (Å²) in [6.45, 7) is 0. The topological polar surface area (TPSA) is 323 Å². The molecule has 8 fully saturated rings. The van der Waals surface area contributed by atoms with Crippen LogP contribution < -0.4 is 22.9 Å². The number of fused-ring (bicyclic) bond motifs is 8. The molecular weight excluding hydrogens is 1630 g/mol. The Balaban J connectivity index is 0.000000119. The average Bonchev–Trinajstić information content (AvgIpc) is 1.56. The molecule has 18 nitrogen and oxygen atoms in total. The fourth-order valence-electron chi connectivity index (χ4n) is 23.3. The molecule has 4 aromatic carbocycles. The van der Waals surface area contributed by atoms with Crippen molar-refractivity contribution in [1.82, 2.24) is 39.9 Å². The Morgan fingerprint density at radius 3 is 0.913 bits per heavy atom. The first-order valence-electron chi connectivity index (χ1n) is 44.2. The van der Waals surface area contributed by atoms with Gasteiger partial charge < -0.3 is 22.9 Å². The summed E-state index contributed by atoms with van der Waals surface area (Å²) in [4.78, 5) is 85.1. The van der Waals surface area contributed by atoms with Gasteiger partial charge in [-0.05, 0) is 364 Å². The van der Waals surface area contributed by atoms with E-state index in [-0.39, 0.29) is 89.3 Å². The zero-order valence-electron chi connectivity index (χ0n) is 69.8. The lowest BCUT2D eigenvalue weighted by molar-refractivity contribution is -0.121. The molecule has 12 unspecified atom stereocenters. The van der Waals surface area contributed by atoms with Crippen LogP contribution in [0.2, 0.25) is 10.2 Å². The minimum absolute atomic E-state index is 0.0133. The van der Waals surface area contributed by atoms with Crippen LogP contribution in [0.25, 0.3) is 43.6 Å². The number of hydrogen-bond donors (Lipinski definition) is 4. The minimum Gasteiger partial charge on any atom is -0.321 e. The standard InChI is InChI=1S/2C26H25FN4O.2C25H25ClFN3O/c27-20-2-4-24-23(11-20)22(5-6-30-24)18-7-16-9-19(10-17(16)8-18)26(29)25(32)12-21-3-1-15(13-28)14-31-21;27-20-2-4-24-23(12-20)22(5-6-30-24)18-8-16-10-19(11-17(16)9-18)26(29)25(32)7-15-1-3-21(13-28)31-14-15;26-24-4-1-14(13-30-24)7-23(31)25(28)18-10-15-8-17(9-16(15)11-18)20-5-6-29-22-3-2-19(27)12-21(20)22;26-18-1-3-20(30-13-18)12-24(31)25(28)17-9-14-7-16(8-15(14)10-17)21-5-6-29-23-4-2-19(27)11-22(21)23/h1-6,11,14,16-19,26H,7-10,12,29H2;1-6,12,14,16-19,26H,7-11,29H2;1-6,12-13,15-18,25H,7-11,28H2;1-6,11,13-17,25H,7-10,12,28H2/t2*16-,17+,18?,19?,26?;15-,16+,17?,18?,25?;14-,15+,16?,17?,25?. The van der Waals surface area contributed by atoms with Crippen LogP contribution in [0.15, 0.2) is 195 Å². The summed E-state index contributed by atoms with van der Waals surface area (Å²) in [5, 5.41) is 22.4. The van der Waals surface area contributed by atoms with E-state index < -0.39 is 24.2 Å². The highest BCUT2D eigenvalue weighted by Crippen LogP contribution is 2.58. The molecule has 0 radical (unpaired) electrons. The van der Waals surface area contributed by atoms with Crippen molar-refractivity contribution < 1.29 is 36.7 Å². The molecule has 8 heterocycles. The first-order valence-corrected chi connectivity index (χ1v) is 44.9. The molecule has 126 heavy (non-hydrogen) atoms. The normalized spacial score (nSPS) is 25.8. The lowest BCUT2D eigenvalue weighted by Crippen LogP contribution is -2.38. The first kappa shape index (κ1) is 87.0. The number of halogens is 6. The van der Waals surface area contributed by atoms with Gasteiger partial charge in [-0.3, -0.25) is 49.1 Å². The zero-order chi connectivity index (χ0) is 87.6. The van der Waals surface area contributed by atoms with Crippen LogP contribution in [0.5, 0.6) is 0 Å². The molecule has 644 valence electrons. The second-order valence-electron chi connectivity index (χ2n) is 36.9. The quantitative estimate of drug-likeness (QED) is 0.0407. The number of hydrogen-bond acceptors (Lipinski definition) is 18. The Bertz CT molecular complexity index is 5700. The van der Waals surface area contributed by atoms with E-state index in [0.717, 1.165) is 157 Å². The lowest BCUT2D eigenvalue weighted by Gasteiger charge is -2.21. The van der Waals surface area contributed by atoms with E-state index in [4.69, 9.17) is 56.7 Å². The summed E-state index contributed by atoms with van der Waals surface area (Å²) in [6.07, 6.45) is 30.9. The van der Waals surface area contributed by atoms with Gasteiger partial charge in [0.05, 0.1) is 69.7 Å². The largest absolute Gasteiger partial charge is 0.321 e. The summed E-state index contributed by atoms with van der Waals surface area (Å²) in [5.74, 6) is 6.23. The Hall–Kier alpha value is -11.1. The third-order valence-electron chi connectivity index (χ3n) is 29.4. The van der Waals surface area contributed by atoms with Crippen LogP contribution in [-0.4, -0.2) is 87.2 Å². The maximum Gasteiger partial charge on any atom is 0.155 e. The number of carbonyl (C=O) groups excluding carboxylic acids is 4. The summed E-state index contributed by atoms with van der Waals surface area (Å²) in [6, 6.07) is 43.4. The van der Waals surface area contributed by atoms with Crippen LogP contribution in [0, 0.1) is 117 Å². The van der Waals surface area contributed by atoms with Crippen molar-refractivity contribution in [3.63, 3.8) is 0 Å². The summed E-state index contributed by atoms with van der Waals surface area (Å²) >= 11 is 11.7. The average molecular weight is 1730 g/mol. The number of carbonyl (C=O) groups is 4. The maximum absolute atomic E-state index is 13.9. The molecule has 12 aromatic rings. The van der Waals surface area contributed by atoms with Gasteiger partial charge in [-0.2, -0.15) is 10.5 Å². The molecule has 0 bridgehead atoms. The SMILES string of the molecule is N#Cc1ccc(CC(=O)C(N)C2C[C@H]3CC(c4ccnc5ccc(F)cc45)C[C@H]3C2)cn1.N#Cc1ccc(CC(=O)C(N)C2C[C@H]3CC(c4ccnc5ccc(F)cc45)C[C@H]3C2)nc1.NC(C(=O)Cc1ccc(Cl)cn1)C1C[C@H]2CC(c3ccnc4ccc(F)cc34)C[C@H]2C1.NC(C(=O)Cc1ccc(Cl)nc1)C1C[C@H]2CC(c3ccnc4ccc(F)cc34)C[C@H]2C1. The van der Waals surface area contributed by atoms with E-state index in [1.807, 2.05) is 67.3 Å². The molecular formula is C102H100Cl2F4N14O4. The predicted octanol–water partition coefficient (Wildman–Crippen LogP) is 18.8. The summed E-state index contributed by atoms with van der Waals surface area (Å²) in [5.41, 5.74) is 37.5. The van der Waals surface area contributed by atoms with Crippen molar-refractivity contribution in [1.29, 1.82) is 10.5 Å². The summed E-state index contributed by atoms with van der Waals surface area (Å²) in [7, 11) is 0. The summed E-state index contributed by atoms with van der Waals surface area (Å²) < 4.78 is 55.4. The Labute approximate surface area is 739 Å². The Kier molecular flexibility index (Phi) is 26.4. The predicted molar refractivity (Wildman–Crippen MR) is 477 cm³/mol. The van der Waals surface area contributed by atoms with Gasteiger partial charge in [0, 0.05) is 95.3 Å². The molecule has 20 atom stereocenters. The molecule has 0 aliphatic heterocycles. The van der Waals surface area contributed by atoms with E-state index in [2.05, 4.69) is 39.9 Å². The fraction of sp³-hybridized carbons (Fsp3) is 0.392. The third-order valence-corrected chi connectivity index (χ3v) is 29.8. The number of benzene rings is 4. The van der Waals surface area contributed by atoms with Crippen molar-refractivity contribution in [2.75, 3.05) is 0 Å². The number of nitrogens with zero attached hydrogens (tertiary/aromatic N) is 10. The number of aromatic nitrogens is 8. The van der Waals surface area contributed by atoms with Gasteiger partial charge >= 0.3 is 0 Å². The molecule has 8 aliphatic rings. The monoisotopic (exact) mass is 1730 g/mol. The number of Topliss-reactive ketones (excluding diaryl/α,β-unsaturated/α-hetero) is 4. The van der Waals surface area contributed by atoms with Gasteiger partial charge in [0.1, 0.15) is 46.3 Å². The molecule has 0 saturated heterocycles. The maximum atomic E-state index is 13.9. The highest BCUT2D eigenvalue weighted by atomic mass is 35.5. The van der Waals surface area contributed by atoms with E-state index >= 15 is 0 Å². The molecule has 0 spiro atoms. The third kappa shape index (κ3) is 19.6. The van der Waals surface area contributed by atoms with Gasteiger partial charge in [-0.15, -0.1) is 0 Å². The van der Waals surface area contributed by atoms with Crippen molar-refractivity contribution in [3.8, 4) is 12.1 Å². The molecule has 8 N–H and O–H groups in total. The van der Waals surface area contributed by atoms with Crippen LogP contribution in [-0.2, 0) is 44.9 Å². The van der Waals surface area contributed by atoms with Crippen LogP contribution in [0.1, 0.15) is 182 Å². The van der Waals surface area contributed by atoms with Gasteiger partial charge in [0.2, 0.25) is 0 Å².